The summed E-state index contributed by atoms with van der Waals surface area (Å²) >= 11 is 0. The summed E-state index contributed by atoms with van der Waals surface area (Å²) in [5.41, 5.74) is -0.107. The van der Waals surface area contributed by atoms with E-state index in [9.17, 15) is 19.5 Å². The van der Waals surface area contributed by atoms with E-state index in [0.29, 0.717) is 19.4 Å². The summed E-state index contributed by atoms with van der Waals surface area (Å²) in [6.45, 7) is 2.88. The van der Waals surface area contributed by atoms with Crippen molar-refractivity contribution in [3.8, 4) is 0 Å². The Bertz CT molecular complexity index is 645. The zero-order valence-electron chi connectivity index (χ0n) is 13.7. The summed E-state index contributed by atoms with van der Waals surface area (Å²) in [6, 6.07) is 0. The van der Waals surface area contributed by atoms with Gasteiger partial charge in [0.05, 0.1) is 12.1 Å². The van der Waals surface area contributed by atoms with E-state index in [1.54, 1.807) is 22.2 Å². The van der Waals surface area contributed by atoms with Gasteiger partial charge in [0.15, 0.2) is 0 Å². The highest BCUT2D eigenvalue weighted by Crippen LogP contribution is 2.43. The maximum absolute atomic E-state index is 12.4. The van der Waals surface area contributed by atoms with E-state index in [2.05, 4.69) is 10.2 Å². The lowest BCUT2D eigenvalue weighted by Crippen LogP contribution is -2.42. The molecule has 0 spiro atoms. The molecule has 2 N–H and O–H groups in total. The van der Waals surface area contributed by atoms with Gasteiger partial charge in [0.25, 0.3) is 0 Å². The molecule has 130 valence electrons. The van der Waals surface area contributed by atoms with Crippen LogP contribution in [-0.2, 0) is 20.8 Å². The minimum atomic E-state index is -1.15. The summed E-state index contributed by atoms with van der Waals surface area (Å²) in [7, 11) is 0. The molecule has 2 aliphatic heterocycles. The van der Waals surface area contributed by atoms with Crippen molar-refractivity contribution in [1.82, 2.24) is 20.0 Å². The first-order chi connectivity index (χ1) is 11.5. The predicted molar refractivity (Wildman–Crippen MR) is 83.9 cm³/mol. The highest BCUT2D eigenvalue weighted by atomic mass is 16.4. The number of carbonyl (C=O) groups is 3. The van der Waals surface area contributed by atoms with Crippen LogP contribution in [0.25, 0.3) is 0 Å². The van der Waals surface area contributed by atoms with Crippen LogP contribution in [0.1, 0.15) is 25.3 Å². The Morgan fingerprint density at radius 3 is 2.83 bits per heavy atom. The van der Waals surface area contributed by atoms with Crippen molar-refractivity contribution in [2.24, 2.45) is 11.3 Å². The molecule has 0 unspecified atom stereocenters. The first kappa shape index (κ1) is 16.5. The minimum absolute atomic E-state index is 0.0793. The molecule has 0 saturated carbocycles. The lowest BCUT2D eigenvalue weighted by atomic mass is 9.81. The monoisotopic (exact) mass is 334 g/mol. The first-order valence-electron chi connectivity index (χ1n) is 8.25. The number of aliphatic carboxylic acids is 1. The van der Waals surface area contributed by atoms with Crippen molar-refractivity contribution in [2.75, 3.05) is 26.2 Å². The van der Waals surface area contributed by atoms with Gasteiger partial charge in [-0.3, -0.25) is 19.5 Å². The SMILES string of the molecule is CCN1C[C@]2(C(=O)O)CN(C(=O)CCCc3cn[nH]c3)C[C@@H]2C1=O. The summed E-state index contributed by atoms with van der Waals surface area (Å²) in [4.78, 5) is 39.8. The molecule has 2 aliphatic rings. The van der Waals surface area contributed by atoms with Gasteiger partial charge in [-0.15, -0.1) is 0 Å². The fourth-order valence-electron chi connectivity index (χ4n) is 3.78. The van der Waals surface area contributed by atoms with Crippen LogP contribution in [0.4, 0.5) is 0 Å². The van der Waals surface area contributed by atoms with E-state index < -0.39 is 17.3 Å². The Labute approximate surface area is 139 Å². The van der Waals surface area contributed by atoms with Crippen LogP contribution in [0.3, 0.4) is 0 Å². The Kier molecular flexibility index (Phi) is 4.29. The maximum atomic E-state index is 12.4. The first-order valence-corrected chi connectivity index (χ1v) is 8.25. The number of aromatic amines is 1. The van der Waals surface area contributed by atoms with Crippen LogP contribution in [-0.4, -0.2) is 69.1 Å². The van der Waals surface area contributed by atoms with Crippen LogP contribution in [0.15, 0.2) is 12.4 Å². The molecule has 8 nitrogen and oxygen atoms in total. The standard InChI is InChI=1S/C16H22N4O4/c1-2-19-9-16(15(23)24)10-20(8-12(16)14(19)22)13(21)5-3-4-11-6-17-18-7-11/h6-7,12H,2-5,8-10H2,1H3,(H,17,18)(H,23,24)/t12-,16+/m1/s1. The number of aromatic nitrogens is 2. The molecule has 0 aliphatic carbocycles. The number of carboxylic acids is 1. The molecule has 3 rings (SSSR count). The van der Waals surface area contributed by atoms with E-state index in [1.807, 2.05) is 6.92 Å². The third-order valence-electron chi connectivity index (χ3n) is 5.20. The molecule has 0 radical (unpaired) electrons. The van der Waals surface area contributed by atoms with Gasteiger partial charge in [-0.25, -0.2) is 0 Å². The van der Waals surface area contributed by atoms with E-state index in [-0.39, 0.29) is 31.4 Å². The smallest absolute Gasteiger partial charge is 0.314 e. The highest BCUT2D eigenvalue weighted by molar-refractivity contribution is 5.94. The minimum Gasteiger partial charge on any atom is -0.481 e. The van der Waals surface area contributed by atoms with Crippen molar-refractivity contribution < 1.29 is 19.5 Å². The Morgan fingerprint density at radius 1 is 1.46 bits per heavy atom. The van der Waals surface area contributed by atoms with Gasteiger partial charge in [0, 0.05) is 38.8 Å². The molecule has 2 fully saturated rings. The number of H-pyrrole nitrogens is 1. The second kappa shape index (κ2) is 6.26. The molecule has 1 aromatic heterocycles. The zero-order valence-corrected chi connectivity index (χ0v) is 13.7. The predicted octanol–water partition coefficient (Wildman–Crippen LogP) is 0.124. The van der Waals surface area contributed by atoms with Gasteiger partial charge in [-0.2, -0.15) is 5.10 Å². The molecular weight excluding hydrogens is 312 g/mol. The molecule has 0 bridgehead atoms. The van der Waals surface area contributed by atoms with Gasteiger partial charge in [-0.05, 0) is 25.3 Å². The number of amides is 2. The number of carboxylic acid groups (broad SMARTS) is 1. The number of hydrogen-bond acceptors (Lipinski definition) is 4. The van der Waals surface area contributed by atoms with Crippen molar-refractivity contribution in [1.29, 1.82) is 0 Å². The Morgan fingerprint density at radius 2 is 2.25 bits per heavy atom. The fourth-order valence-corrected chi connectivity index (χ4v) is 3.78. The highest BCUT2D eigenvalue weighted by Gasteiger charge is 2.62. The van der Waals surface area contributed by atoms with E-state index in [4.69, 9.17) is 0 Å². The van der Waals surface area contributed by atoms with Crippen LogP contribution >= 0.6 is 0 Å². The number of likely N-dealkylation sites (tertiary alicyclic amines) is 2. The van der Waals surface area contributed by atoms with Crippen molar-refractivity contribution >= 4 is 17.8 Å². The number of nitrogens with zero attached hydrogens (tertiary/aromatic N) is 3. The number of aryl methyl sites for hydroxylation is 1. The second-order valence-electron chi connectivity index (χ2n) is 6.60. The number of rotatable bonds is 6. The number of carbonyl (C=O) groups excluding carboxylic acids is 2. The molecule has 3 heterocycles. The van der Waals surface area contributed by atoms with Gasteiger partial charge < -0.3 is 14.9 Å². The lowest BCUT2D eigenvalue weighted by molar-refractivity contribution is -0.150. The molecular formula is C16H22N4O4. The van der Waals surface area contributed by atoms with E-state index in [0.717, 1.165) is 12.0 Å². The van der Waals surface area contributed by atoms with E-state index >= 15 is 0 Å². The Balaban J connectivity index is 1.62. The summed E-state index contributed by atoms with van der Waals surface area (Å²) < 4.78 is 0. The number of nitrogens with one attached hydrogen (secondary N) is 1. The summed E-state index contributed by atoms with van der Waals surface area (Å²) in [5, 5.41) is 16.3. The molecule has 24 heavy (non-hydrogen) atoms. The fraction of sp³-hybridized carbons (Fsp3) is 0.625. The second-order valence-corrected chi connectivity index (χ2v) is 6.60. The van der Waals surface area contributed by atoms with Crippen molar-refractivity contribution in [3.05, 3.63) is 18.0 Å². The van der Waals surface area contributed by atoms with Crippen LogP contribution in [0.5, 0.6) is 0 Å². The molecule has 0 aromatic carbocycles. The number of fused-ring (bicyclic) bond motifs is 1. The van der Waals surface area contributed by atoms with Crippen LogP contribution in [0.2, 0.25) is 0 Å². The quantitative estimate of drug-likeness (QED) is 0.769. The third kappa shape index (κ3) is 2.65. The van der Waals surface area contributed by atoms with Gasteiger partial charge >= 0.3 is 5.97 Å². The zero-order chi connectivity index (χ0) is 17.3. The Hall–Kier alpha value is -2.38. The van der Waals surface area contributed by atoms with E-state index in [1.165, 1.54) is 0 Å². The third-order valence-corrected chi connectivity index (χ3v) is 5.20. The van der Waals surface area contributed by atoms with Crippen LogP contribution < -0.4 is 0 Å². The molecule has 1 aromatic rings. The average molecular weight is 334 g/mol. The van der Waals surface area contributed by atoms with Crippen molar-refractivity contribution in [3.63, 3.8) is 0 Å². The lowest BCUT2D eigenvalue weighted by Gasteiger charge is -2.24. The van der Waals surface area contributed by atoms with Gasteiger partial charge in [0.1, 0.15) is 5.41 Å². The summed E-state index contributed by atoms with van der Waals surface area (Å²) in [6.07, 6.45) is 5.28. The van der Waals surface area contributed by atoms with Gasteiger partial charge in [-0.1, -0.05) is 0 Å². The topological polar surface area (TPSA) is 107 Å². The normalized spacial score (nSPS) is 26.0. The average Bonchev–Trinajstić information content (AvgIpc) is 3.24. The van der Waals surface area contributed by atoms with Crippen LogP contribution in [0, 0.1) is 11.3 Å². The maximum Gasteiger partial charge on any atom is 0.314 e. The van der Waals surface area contributed by atoms with Gasteiger partial charge in [0.2, 0.25) is 11.8 Å². The molecule has 2 saturated heterocycles. The summed E-state index contributed by atoms with van der Waals surface area (Å²) in [5.74, 6) is -1.82. The number of hydrogen-bond donors (Lipinski definition) is 2. The van der Waals surface area contributed by atoms with Crippen molar-refractivity contribution in [2.45, 2.75) is 26.2 Å². The molecule has 8 heteroatoms. The molecule has 2 atom stereocenters. The molecule has 2 amide bonds. The largest absolute Gasteiger partial charge is 0.481 e.